The third kappa shape index (κ3) is 4.10. The number of benzene rings is 1. The number of aromatic nitrogens is 4. The number of nitrogens with two attached hydrogens (primary N) is 1. The smallest absolute Gasteiger partial charge is 0.274 e. The number of amides is 1. The molecule has 162 valence electrons. The van der Waals surface area contributed by atoms with Crippen molar-refractivity contribution >= 4 is 23.3 Å². The topological polar surface area (TPSA) is 119 Å². The van der Waals surface area contributed by atoms with Gasteiger partial charge >= 0.3 is 0 Å². The monoisotopic (exact) mass is 452 g/mol. The predicted molar refractivity (Wildman–Crippen MR) is 119 cm³/mol. The van der Waals surface area contributed by atoms with Crippen LogP contribution in [-0.2, 0) is 13.6 Å². The third-order valence-corrected chi connectivity index (χ3v) is 5.19. The zero-order chi connectivity index (χ0) is 22.8. The van der Waals surface area contributed by atoms with Gasteiger partial charge in [-0.3, -0.25) is 9.59 Å². The number of aromatic amines is 1. The molecule has 4 rings (SSSR count). The highest BCUT2D eigenvalue weighted by Crippen LogP contribution is 2.29. The van der Waals surface area contributed by atoms with Crippen LogP contribution in [0.1, 0.15) is 16.1 Å². The highest BCUT2D eigenvalue weighted by atomic mass is 35.5. The van der Waals surface area contributed by atoms with E-state index in [0.29, 0.717) is 22.6 Å². The molecule has 0 fully saturated rings. The predicted octanol–water partition coefficient (Wildman–Crippen LogP) is 3.14. The fourth-order valence-electron chi connectivity index (χ4n) is 3.17. The third-order valence-electron chi connectivity index (χ3n) is 4.84. The minimum absolute atomic E-state index is 0.0969. The summed E-state index contributed by atoms with van der Waals surface area (Å²) < 4.78 is 15.4. The number of carbonyl (C=O) groups is 1. The molecule has 4 aromatic rings. The molecule has 0 aliphatic rings. The number of carbonyl (C=O) groups excluding carboxylic acids is 1. The van der Waals surface area contributed by atoms with Gasteiger partial charge in [0.25, 0.3) is 5.91 Å². The average Bonchev–Trinajstić information content (AvgIpc) is 3.30. The van der Waals surface area contributed by atoms with E-state index in [1.807, 2.05) is 0 Å². The van der Waals surface area contributed by atoms with Gasteiger partial charge in [-0.2, -0.15) is 0 Å². The second kappa shape index (κ2) is 8.64. The first-order valence-electron chi connectivity index (χ1n) is 9.54. The van der Waals surface area contributed by atoms with Gasteiger partial charge in [0.1, 0.15) is 17.2 Å². The zero-order valence-electron chi connectivity index (χ0n) is 16.9. The van der Waals surface area contributed by atoms with E-state index in [-0.39, 0.29) is 34.2 Å². The van der Waals surface area contributed by atoms with Crippen molar-refractivity contribution in [3.63, 3.8) is 0 Å². The molecule has 0 aliphatic heterocycles. The van der Waals surface area contributed by atoms with Gasteiger partial charge in [-0.25, -0.2) is 14.4 Å². The molecule has 0 saturated carbocycles. The molecule has 0 saturated heterocycles. The summed E-state index contributed by atoms with van der Waals surface area (Å²) in [6.45, 7) is -0.154. The van der Waals surface area contributed by atoms with E-state index >= 15 is 0 Å². The Kier molecular flexibility index (Phi) is 5.74. The van der Waals surface area contributed by atoms with Gasteiger partial charge in [0.15, 0.2) is 11.5 Å². The van der Waals surface area contributed by atoms with Crippen molar-refractivity contribution in [1.29, 1.82) is 0 Å². The lowest BCUT2D eigenvalue weighted by Crippen LogP contribution is -2.26. The number of H-pyrrole nitrogens is 1. The first kappa shape index (κ1) is 21.3. The van der Waals surface area contributed by atoms with Crippen LogP contribution in [0.5, 0.6) is 0 Å². The average molecular weight is 453 g/mol. The number of hydrogen-bond acceptors (Lipinski definition) is 5. The van der Waals surface area contributed by atoms with E-state index in [2.05, 4.69) is 20.3 Å². The Balaban J connectivity index is 1.75. The maximum absolute atomic E-state index is 14.0. The van der Waals surface area contributed by atoms with Crippen molar-refractivity contribution in [3.05, 3.63) is 87.3 Å². The lowest BCUT2D eigenvalue weighted by Gasteiger charge is -2.13. The molecule has 1 aromatic carbocycles. The molecule has 0 atom stereocenters. The van der Waals surface area contributed by atoms with Gasteiger partial charge in [-0.1, -0.05) is 17.7 Å². The molecule has 0 unspecified atom stereocenters. The Labute approximate surface area is 186 Å². The standard InChI is InChI=1S/C22H18ClFN6O2/c1-30-11-12(7-8-17(30)31)18-19(16-6-3-9-26-16)29-21(25)20(28-18)22(32)27-10-13-14(23)4-2-5-15(13)24/h2-9,11,26H,10H2,1H3,(H2,25,29)(H,27,32). The zero-order valence-corrected chi connectivity index (χ0v) is 17.7. The molecule has 32 heavy (non-hydrogen) atoms. The highest BCUT2D eigenvalue weighted by molar-refractivity contribution is 6.31. The Morgan fingerprint density at radius 3 is 2.69 bits per heavy atom. The number of aryl methyl sites for hydroxylation is 1. The quantitative estimate of drug-likeness (QED) is 0.430. The van der Waals surface area contributed by atoms with E-state index in [1.165, 1.54) is 28.8 Å². The normalized spacial score (nSPS) is 10.8. The van der Waals surface area contributed by atoms with E-state index in [1.54, 1.807) is 37.6 Å². The number of pyridine rings is 1. The van der Waals surface area contributed by atoms with Gasteiger partial charge in [0.05, 0.1) is 5.69 Å². The fraction of sp³-hybridized carbons (Fsp3) is 0.0909. The molecular weight excluding hydrogens is 435 g/mol. The molecule has 0 bridgehead atoms. The number of anilines is 1. The van der Waals surface area contributed by atoms with Crippen LogP contribution >= 0.6 is 11.6 Å². The molecule has 3 heterocycles. The lowest BCUT2D eigenvalue weighted by molar-refractivity contribution is 0.0946. The second-order valence-electron chi connectivity index (χ2n) is 6.99. The molecule has 1 amide bonds. The molecule has 3 aromatic heterocycles. The fourth-order valence-corrected chi connectivity index (χ4v) is 3.40. The Morgan fingerprint density at radius 1 is 1.19 bits per heavy atom. The van der Waals surface area contributed by atoms with E-state index in [4.69, 9.17) is 17.3 Å². The Bertz CT molecular complexity index is 1350. The van der Waals surface area contributed by atoms with E-state index in [0.717, 1.165) is 0 Å². The molecule has 8 nitrogen and oxygen atoms in total. The van der Waals surface area contributed by atoms with Crippen LogP contribution < -0.4 is 16.6 Å². The Hall–Kier alpha value is -3.98. The highest BCUT2D eigenvalue weighted by Gasteiger charge is 2.21. The molecular formula is C22H18ClFN6O2. The number of halogens is 2. The second-order valence-corrected chi connectivity index (χ2v) is 7.40. The van der Waals surface area contributed by atoms with Gasteiger partial charge in [-0.15, -0.1) is 0 Å². The first-order valence-corrected chi connectivity index (χ1v) is 9.92. The molecule has 0 aliphatic carbocycles. The SMILES string of the molecule is Cn1cc(-c2nc(C(=O)NCc3c(F)cccc3Cl)c(N)nc2-c2ccc[nH]2)ccc1=O. The summed E-state index contributed by atoms with van der Waals surface area (Å²) in [4.78, 5) is 36.6. The number of nitrogens with one attached hydrogen (secondary N) is 2. The van der Waals surface area contributed by atoms with Crippen molar-refractivity contribution < 1.29 is 9.18 Å². The van der Waals surface area contributed by atoms with Crippen LogP contribution in [0.4, 0.5) is 10.2 Å². The summed E-state index contributed by atoms with van der Waals surface area (Å²) >= 11 is 6.03. The summed E-state index contributed by atoms with van der Waals surface area (Å²) in [5.41, 5.74) is 7.85. The molecule has 0 radical (unpaired) electrons. The van der Waals surface area contributed by atoms with Gasteiger partial charge in [0.2, 0.25) is 5.56 Å². The summed E-state index contributed by atoms with van der Waals surface area (Å²) in [5.74, 6) is -1.27. The maximum atomic E-state index is 14.0. The van der Waals surface area contributed by atoms with Crippen molar-refractivity contribution in [2.45, 2.75) is 6.54 Å². The maximum Gasteiger partial charge on any atom is 0.274 e. The number of hydrogen-bond donors (Lipinski definition) is 3. The first-order chi connectivity index (χ1) is 15.3. The van der Waals surface area contributed by atoms with Crippen LogP contribution in [0.15, 0.2) is 59.7 Å². The molecule has 0 spiro atoms. The van der Waals surface area contributed by atoms with Crippen LogP contribution in [0, 0.1) is 5.82 Å². The van der Waals surface area contributed by atoms with Crippen LogP contribution in [0.3, 0.4) is 0 Å². The number of nitrogens with zero attached hydrogens (tertiary/aromatic N) is 3. The summed E-state index contributed by atoms with van der Waals surface area (Å²) in [5, 5.41) is 2.77. The summed E-state index contributed by atoms with van der Waals surface area (Å²) in [6, 6.07) is 10.8. The lowest BCUT2D eigenvalue weighted by atomic mass is 10.1. The molecule has 10 heteroatoms. The minimum Gasteiger partial charge on any atom is -0.382 e. The van der Waals surface area contributed by atoms with Crippen molar-refractivity contribution in [2.24, 2.45) is 7.05 Å². The van der Waals surface area contributed by atoms with Crippen molar-refractivity contribution in [1.82, 2.24) is 24.8 Å². The van der Waals surface area contributed by atoms with Gasteiger partial charge in [0, 0.05) is 48.2 Å². The van der Waals surface area contributed by atoms with Crippen LogP contribution in [0.25, 0.3) is 22.6 Å². The van der Waals surface area contributed by atoms with Gasteiger partial charge in [-0.05, 0) is 30.3 Å². The summed E-state index contributed by atoms with van der Waals surface area (Å²) in [6.07, 6.45) is 3.31. The van der Waals surface area contributed by atoms with E-state index < -0.39 is 11.7 Å². The molecule has 4 N–H and O–H groups in total. The van der Waals surface area contributed by atoms with Crippen LogP contribution in [0.2, 0.25) is 5.02 Å². The van der Waals surface area contributed by atoms with Gasteiger partial charge < -0.3 is 20.6 Å². The largest absolute Gasteiger partial charge is 0.382 e. The minimum atomic E-state index is -0.640. The Morgan fingerprint density at radius 2 is 2.00 bits per heavy atom. The number of nitrogen functional groups attached to an aromatic ring is 1. The van der Waals surface area contributed by atoms with Crippen molar-refractivity contribution in [3.8, 4) is 22.6 Å². The summed E-state index contributed by atoms with van der Waals surface area (Å²) in [7, 11) is 1.61. The van der Waals surface area contributed by atoms with E-state index in [9.17, 15) is 14.0 Å². The number of rotatable bonds is 5. The van der Waals surface area contributed by atoms with Crippen LogP contribution in [-0.4, -0.2) is 25.4 Å². The van der Waals surface area contributed by atoms with Crippen molar-refractivity contribution in [2.75, 3.05) is 5.73 Å².